The molecule has 1 aromatic rings. The van der Waals surface area contributed by atoms with E-state index in [0.29, 0.717) is 12.6 Å². The van der Waals surface area contributed by atoms with Crippen LogP contribution in [0.4, 0.5) is 0 Å². The highest BCUT2D eigenvalue weighted by molar-refractivity contribution is 5.75. The minimum atomic E-state index is -0.493. The lowest BCUT2D eigenvalue weighted by Crippen LogP contribution is -2.48. The lowest BCUT2D eigenvalue weighted by molar-refractivity contribution is -0.158. The molecule has 1 saturated carbocycles. The van der Waals surface area contributed by atoms with E-state index in [1.807, 2.05) is 58.0 Å². The molecule has 1 atom stereocenters. The van der Waals surface area contributed by atoms with E-state index in [-0.39, 0.29) is 31.0 Å². The molecule has 1 fully saturated rings. The number of esters is 2. The molecule has 1 aliphatic carbocycles. The Hall–Kier alpha value is -1.88. The van der Waals surface area contributed by atoms with E-state index < -0.39 is 5.60 Å². The lowest BCUT2D eigenvalue weighted by atomic mass is 9.93. The Bertz CT molecular complexity index is 617. The largest absolute Gasteiger partial charge is 0.460 e. The summed E-state index contributed by atoms with van der Waals surface area (Å²) in [5.41, 5.74) is 0.480. The van der Waals surface area contributed by atoms with Crippen LogP contribution in [0.1, 0.15) is 71.8 Å². The third kappa shape index (κ3) is 7.63. The van der Waals surface area contributed by atoms with Crippen LogP contribution < -0.4 is 0 Å². The summed E-state index contributed by atoms with van der Waals surface area (Å²) in [6.45, 7) is 8.28. The Labute approximate surface area is 169 Å². The number of rotatable bonds is 8. The van der Waals surface area contributed by atoms with Gasteiger partial charge in [-0.05, 0) is 46.1 Å². The summed E-state index contributed by atoms with van der Waals surface area (Å²) < 4.78 is 11.0. The minimum Gasteiger partial charge on any atom is -0.460 e. The summed E-state index contributed by atoms with van der Waals surface area (Å²) in [5.74, 6) is -0.461. The Balaban J connectivity index is 1.96. The Morgan fingerprint density at radius 1 is 1.11 bits per heavy atom. The van der Waals surface area contributed by atoms with Crippen molar-refractivity contribution in [3.05, 3.63) is 35.9 Å². The number of nitrogens with zero attached hydrogens (tertiary/aromatic N) is 1. The predicted octanol–water partition coefficient (Wildman–Crippen LogP) is 4.48. The smallest absolute Gasteiger partial charge is 0.323 e. The first-order chi connectivity index (χ1) is 13.3. The summed E-state index contributed by atoms with van der Waals surface area (Å²) in [6.07, 6.45) is 5.97. The molecule has 0 saturated heterocycles. The van der Waals surface area contributed by atoms with Crippen molar-refractivity contribution in [1.29, 1.82) is 0 Å². The zero-order chi connectivity index (χ0) is 20.6. The second-order valence-electron chi connectivity index (χ2n) is 8.64. The van der Waals surface area contributed by atoms with Crippen LogP contribution in [0.3, 0.4) is 0 Å². The van der Waals surface area contributed by atoms with Crippen LogP contribution in [-0.2, 0) is 25.7 Å². The van der Waals surface area contributed by atoms with Crippen molar-refractivity contribution in [2.45, 2.75) is 90.5 Å². The highest BCUT2D eigenvalue weighted by atomic mass is 16.6. The molecule has 156 valence electrons. The lowest BCUT2D eigenvalue weighted by Gasteiger charge is -2.37. The van der Waals surface area contributed by atoms with E-state index in [1.54, 1.807) is 0 Å². The number of hydrogen-bond donors (Lipinski definition) is 0. The molecule has 1 aliphatic rings. The van der Waals surface area contributed by atoms with E-state index in [9.17, 15) is 9.59 Å². The van der Waals surface area contributed by atoms with Crippen molar-refractivity contribution < 1.29 is 19.1 Å². The molecule has 5 nitrogen and oxygen atoms in total. The Morgan fingerprint density at radius 3 is 2.36 bits per heavy atom. The van der Waals surface area contributed by atoms with Crippen molar-refractivity contribution in [1.82, 2.24) is 4.90 Å². The number of hydrogen-bond acceptors (Lipinski definition) is 5. The van der Waals surface area contributed by atoms with E-state index in [0.717, 1.165) is 18.4 Å². The molecular weight excluding hydrogens is 354 g/mol. The quantitative estimate of drug-likeness (QED) is 0.613. The van der Waals surface area contributed by atoms with Gasteiger partial charge in [-0.3, -0.25) is 14.5 Å². The van der Waals surface area contributed by atoms with Gasteiger partial charge >= 0.3 is 11.9 Å². The van der Waals surface area contributed by atoms with Gasteiger partial charge in [0, 0.05) is 12.6 Å². The van der Waals surface area contributed by atoms with Gasteiger partial charge in [-0.25, -0.2) is 0 Å². The molecule has 0 aromatic heterocycles. The number of ether oxygens (including phenoxy) is 2. The standard InChI is InChI=1S/C23H35NO4/c1-18(22(26)27-17-19-11-7-5-8-12-19)24(20-13-9-6-10-14-20)16-15-21(25)28-23(2,3)4/h5,7-8,11-12,18,20H,6,9-10,13-17H2,1-4H3/t18-/m0/s1. The molecule has 28 heavy (non-hydrogen) atoms. The minimum absolute atomic E-state index is 0.224. The molecule has 2 rings (SSSR count). The van der Waals surface area contributed by atoms with Crippen molar-refractivity contribution in [3.8, 4) is 0 Å². The van der Waals surface area contributed by atoms with Crippen LogP contribution in [0.2, 0.25) is 0 Å². The zero-order valence-electron chi connectivity index (χ0n) is 17.8. The summed E-state index contributed by atoms with van der Waals surface area (Å²) in [7, 11) is 0. The van der Waals surface area contributed by atoms with Gasteiger partial charge in [0.1, 0.15) is 18.2 Å². The zero-order valence-corrected chi connectivity index (χ0v) is 17.8. The number of carbonyl (C=O) groups excluding carboxylic acids is 2. The molecule has 0 bridgehead atoms. The fourth-order valence-corrected chi connectivity index (χ4v) is 3.70. The first-order valence-corrected chi connectivity index (χ1v) is 10.4. The maximum absolute atomic E-state index is 12.7. The fraction of sp³-hybridized carbons (Fsp3) is 0.652. The van der Waals surface area contributed by atoms with Gasteiger partial charge in [-0.2, -0.15) is 0 Å². The van der Waals surface area contributed by atoms with Gasteiger partial charge in [0.05, 0.1) is 6.42 Å². The first kappa shape index (κ1) is 22.4. The topological polar surface area (TPSA) is 55.8 Å². The molecule has 5 heteroatoms. The predicted molar refractivity (Wildman–Crippen MR) is 110 cm³/mol. The third-order valence-electron chi connectivity index (χ3n) is 5.10. The summed E-state index contributed by atoms with van der Waals surface area (Å²) in [4.78, 5) is 27.0. The van der Waals surface area contributed by atoms with Gasteiger partial charge in [-0.15, -0.1) is 0 Å². The van der Waals surface area contributed by atoms with E-state index in [1.165, 1.54) is 19.3 Å². The highest BCUT2D eigenvalue weighted by Gasteiger charge is 2.31. The molecular formula is C23H35NO4. The molecule has 0 spiro atoms. The van der Waals surface area contributed by atoms with Crippen molar-refractivity contribution in [3.63, 3.8) is 0 Å². The highest BCUT2D eigenvalue weighted by Crippen LogP contribution is 2.25. The summed E-state index contributed by atoms with van der Waals surface area (Å²) >= 11 is 0. The molecule has 0 amide bonds. The van der Waals surface area contributed by atoms with Crippen LogP contribution in [0.5, 0.6) is 0 Å². The van der Waals surface area contributed by atoms with Gasteiger partial charge in [0.15, 0.2) is 0 Å². The Morgan fingerprint density at radius 2 is 1.75 bits per heavy atom. The van der Waals surface area contributed by atoms with Gasteiger partial charge in [0.25, 0.3) is 0 Å². The SMILES string of the molecule is C[C@@H](C(=O)OCc1ccccc1)N(CCC(=O)OC(C)(C)C)C1CCCCC1. The second-order valence-corrected chi connectivity index (χ2v) is 8.64. The van der Waals surface area contributed by atoms with E-state index >= 15 is 0 Å². The average molecular weight is 390 g/mol. The van der Waals surface area contributed by atoms with E-state index in [4.69, 9.17) is 9.47 Å². The number of benzene rings is 1. The molecule has 0 radical (unpaired) electrons. The van der Waals surface area contributed by atoms with Crippen molar-refractivity contribution in [2.75, 3.05) is 6.54 Å². The maximum atomic E-state index is 12.7. The molecule has 0 heterocycles. The average Bonchev–Trinajstić information content (AvgIpc) is 2.66. The molecule has 0 aliphatic heterocycles. The van der Waals surface area contributed by atoms with Crippen LogP contribution in [0, 0.1) is 0 Å². The van der Waals surface area contributed by atoms with Crippen LogP contribution >= 0.6 is 0 Å². The van der Waals surface area contributed by atoms with Crippen molar-refractivity contribution in [2.24, 2.45) is 0 Å². The third-order valence-corrected chi connectivity index (χ3v) is 5.10. The normalized spacial score (nSPS) is 16.6. The van der Waals surface area contributed by atoms with Gasteiger partial charge in [0.2, 0.25) is 0 Å². The van der Waals surface area contributed by atoms with Gasteiger partial charge in [-0.1, -0.05) is 49.6 Å². The van der Waals surface area contributed by atoms with Crippen LogP contribution in [0.25, 0.3) is 0 Å². The fourth-order valence-electron chi connectivity index (χ4n) is 3.70. The molecule has 0 N–H and O–H groups in total. The van der Waals surface area contributed by atoms with Crippen molar-refractivity contribution >= 4 is 11.9 Å². The summed E-state index contributed by atoms with van der Waals surface area (Å²) in [5, 5.41) is 0. The molecule has 0 unspecified atom stereocenters. The second kappa shape index (κ2) is 10.6. The van der Waals surface area contributed by atoms with Gasteiger partial charge < -0.3 is 9.47 Å². The van der Waals surface area contributed by atoms with Crippen LogP contribution in [-0.4, -0.2) is 41.1 Å². The Kier molecular flexibility index (Phi) is 8.49. The van der Waals surface area contributed by atoms with E-state index in [2.05, 4.69) is 4.90 Å². The van der Waals surface area contributed by atoms with Crippen LogP contribution in [0.15, 0.2) is 30.3 Å². The number of carbonyl (C=O) groups is 2. The first-order valence-electron chi connectivity index (χ1n) is 10.4. The summed E-state index contributed by atoms with van der Waals surface area (Å²) in [6, 6.07) is 9.63. The maximum Gasteiger partial charge on any atom is 0.323 e. The monoisotopic (exact) mass is 389 g/mol. The molecule has 1 aromatic carbocycles.